The number of aliphatic hydroxyl groups excluding tert-OH is 2. The van der Waals surface area contributed by atoms with E-state index in [0.29, 0.717) is 0 Å². The zero-order chi connectivity index (χ0) is 9.56. The molecule has 0 spiro atoms. The normalized spacial score (nSPS) is 14.2. The summed E-state index contributed by atoms with van der Waals surface area (Å²) in [7, 11) is 0. The van der Waals surface area contributed by atoms with Crippen LogP contribution in [0.5, 0.6) is 0 Å². The quantitative estimate of drug-likeness (QED) is 0.630. The molecule has 0 saturated carbocycles. The first-order valence-corrected chi connectivity index (χ1v) is 4.17. The Morgan fingerprint density at radius 3 is 2.25 bits per heavy atom. The van der Waals surface area contributed by atoms with E-state index in [4.69, 9.17) is 10.2 Å². The second-order valence-corrected chi connectivity index (χ2v) is 3.16. The highest BCUT2D eigenvalue weighted by Crippen LogP contribution is 2.03. The first-order valence-electron chi connectivity index (χ1n) is 4.17. The van der Waals surface area contributed by atoms with Gasteiger partial charge in [-0.05, 0) is 32.8 Å². The van der Waals surface area contributed by atoms with Gasteiger partial charge in [-0.2, -0.15) is 0 Å². The van der Waals surface area contributed by atoms with E-state index in [9.17, 15) is 0 Å². The van der Waals surface area contributed by atoms with E-state index in [2.05, 4.69) is 6.08 Å². The minimum atomic E-state index is -0.699. The van der Waals surface area contributed by atoms with Crippen LogP contribution in [0.4, 0.5) is 0 Å². The van der Waals surface area contributed by atoms with Gasteiger partial charge in [-0.1, -0.05) is 17.7 Å². The summed E-state index contributed by atoms with van der Waals surface area (Å²) in [5.74, 6) is 0. The van der Waals surface area contributed by atoms with Gasteiger partial charge in [0, 0.05) is 0 Å². The SMILES string of the molecule is CC(C)=CC/C=C(\C)C(O)CO. The number of hydrogen-bond donors (Lipinski definition) is 2. The van der Waals surface area contributed by atoms with E-state index in [1.54, 1.807) is 0 Å². The number of hydrogen-bond acceptors (Lipinski definition) is 2. The Balaban J connectivity index is 3.92. The number of aliphatic hydroxyl groups is 2. The van der Waals surface area contributed by atoms with Crippen LogP contribution in [0, 0.1) is 0 Å². The van der Waals surface area contributed by atoms with Crippen LogP contribution in [-0.4, -0.2) is 22.9 Å². The van der Waals surface area contributed by atoms with E-state index in [-0.39, 0.29) is 6.61 Å². The van der Waals surface area contributed by atoms with Crippen LogP contribution < -0.4 is 0 Å². The first-order chi connectivity index (χ1) is 5.57. The van der Waals surface area contributed by atoms with Crippen molar-refractivity contribution >= 4 is 0 Å². The second kappa shape index (κ2) is 5.98. The zero-order valence-electron chi connectivity index (χ0n) is 8.04. The van der Waals surface area contributed by atoms with Crippen LogP contribution in [-0.2, 0) is 0 Å². The largest absolute Gasteiger partial charge is 0.393 e. The Bertz CT molecular complexity index is 176. The molecule has 12 heavy (non-hydrogen) atoms. The van der Waals surface area contributed by atoms with E-state index < -0.39 is 6.10 Å². The van der Waals surface area contributed by atoms with Crippen LogP contribution in [0.15, 0.2) is 23.3 Å². The molecule has 0 aromatic rings. The van der Waals surface area contributed by atoms with Crippen molar-refractivity contribution in [2.75, 3.05) is 6.61 Å². The lowest BCUT2D eigenvalue weighted by Gasteiger charge is -2.06. The lowest BCUT2D eigenvalue weighted by molar-refractivity contribution is 0.122. The maximum absolute atomic E-state index is 9.15. The highest BCUT2D eigenvalue weighted by molar-refractivity contribution is 5.08. The Kier molecular flexibility index (Phi) is 5.68. The third-order valence-electron chi connectivity index (χ3n) is 1.66. The van der Waals surface area contributed by atoms with E-state index in [1.807, 2.05) is 26.8 Å². The fraction of sp³-hybridized carbons (Fsp3) is 0.600. The van der Waals surface area contributed by atoms with Crippen molar-refractivity contribution in [3.63, 3.8) is 0 Å². The lowest BCUT2D eigenvalue weighted by atomic mass is 10.1. The van der Waals surface area contributed by atoms with Crippen LogP contribution in [0.3, 0.4) is 0 Å². The Morgan fingerprint density at radius 2 is 1.83 bits per heavy atom. The molecule has 0 aliphatic heterocycles. The summed E-state index contributed by atoms with van der Waals surface area (Å²) in [5, 5.41) is 17.8. The Morgan fingerprint density at radius 1 is 1.25 bits per heavy atom. The summed E-state index contributed by atoms with van der Waals surface area (Å²) in [6.45, 7) is 5.69. The van der Waals surface area contributed by atoms with Gasteiger partial charge < -0.3 is 10.2 Å². The van der Waals surface area contributed by atoms with Crippen LogP contribution in [0.25, 0.3) is 0 Å². The molecule has 2 N–H and O–H groups in total. The maximum atomic E-state index is 9.15. The molecule has 2 heteroatoms. The molecular formula is C10H18O2. The van der Waals surface area contributed by atoms with Crippen molar-refractivity contribution in [3.8, 4) is 0 Å². The highest BCUT2D eigenvalue weighted by atomic mass is 16.3. The van der Waals surface area contributed by atoms with Crippen molar-refractivity contribution in [2.45, 2.75) is 33.3 Å². The monoisotopic (exact) mass is 170 g/mol. The molecule has 0 saturated heterocycles. The molecule has 2 nitrogen and oxygen atoms in total. The third kappa shape index (κ3) is 5.10. The van der Waals surface area contributed by atoms with Crippen LogP contribution in [0.2, 0.25) is 0 Å². The molecule has 0 radical (unpaired) electrons. The van der Waals surface area contributed by atoms with Crippen molar-refractivity contribution < 1.29 is 10.2 Å². The van der Waals surface area contributed by atoms with E-state index >= 15 is 0 Å². The highest BCUT2D eigenvalue weighted by Gasteiger charge is 2.01. The zero-order valence-corrected chi connectivity index (χ0v) is 8.04. The topological polar surface area (TPSA) is 40.5 Å². The van der Waals surface area contributed by atoms with Gasteiger partial charge in [-0.15, -0.1) is 0 Å². The van der Waals surface area contributed by atoms with Gasteiger partial charge in [0.25, 0.3) is 0 Å². The van der Waals surface area contributed by atoms with Gasteiger partial charge >= 0.3 is 0 Å². The summed E-state index contributed by atoms with van der Waals surface area (Å²) in [6, 6.07) is 0. The van der Waals surface area contributed by atoms with Gasteiger partial charge in [0.2, 0.25) is 0 Å². The van der Waals surface area contributed by atoms with Gasteiger partial charge in [0.1, 0.15) is 0 Å². The van der Waals surface area contributed by atoms with E-state index in [0.717, 1.165) is 12.0 Å². The third-order valence-corrected chi connectivity index (χ3v) is 1.66. The molecular weight excluding hydrogens is 152 g/mol. The molecule has 1 atom stereocenters. The van der Waals surface area contributed by atoms with Gasteiger partial charge in [0.05, 0.1) is 12.7 Å². The smallest absolute Gasteiger partial charge is 0.0978 e. The predicted octanol–water partition coefficient (Wildman–Crippen LogP) is 1.64. The van der Waals surface area contributed by atoms with Crippen LogP contribution in [0.1, 0.15) is 27.2 Å². The van der Waals surface area contributed by atoms with Gasteiger partial charge in [0.15, 0.2) is 0 Å². The molecule has 0 amide bonds. The minimum absolute atomic E-state index is 0.197. The summed E-state index contributed by atoms with van der Waals surface area (Å²) < 4.78 is 0. The Hall–Kier alpha value is -0.600. The summed E-state index contributed by atoms with van der Waals surface area (Å²) in [5.41, 5.74) is 2.09. The predicted molar refractivity (Wildman–Crippen MR) is 50.9 cm³/mol. The minimum Gasteiger partial charge on any atom is -0.393 e. The molecule has 0 aromatic carbocycles. The summed E-state index contributed by atoms with van der Waals surface area (Å²) in [4.78, 5) is 0. The molecule has 0 aliphatic rings. The summed E-state index contributed by atoms with van der Waals surface area (Å²) >= 11 is 0. The van der Waals surface area contributed by atoms with Crippen molar-refractivity contribution in [2.24, 2.45) is 0 Å². The molecule has 0 fully saturated rings. The molecule has 70 valence electrons. The first kappa shape index (κ1) is 11.4. The second-order valence-electron chi connectivity index (χ2n) is 3.16. The average Bonchev–Trinajstić information content (AvgIpc) is 2.02. The molecule has 0 aliphatic carbocycles. The van der Waals surface area contributed by atoms with E-state index in [1.165, 1.54) is 5.57 Å². The van der Waals surface area contributed by atoms with Crippen molar-refractivity contribution in [1.82, 2.24) is 0 Å². The average molecular weight is 170 g/mol. The van der Waals surface area contributed by atoms with Gasteiger partial charge in [-0.3, -0.25) is 0 Å². The molecule has 0 aromatic heterocycles. The molecule has 1 unspecified atom stereocenters. The molecule has 0 bridgehead atoms. The fourth-order valence-electron chi connectivity index (χ4n) is 0.761. The molecule has 0 heterocycles. The number of allylic oxidation sites excluding steroid dienone is 3. The van der Waals surface area contributed by atoms with Crippen molar-refractivity contribution in [1.29, 1.82) is 0 Å². The standard InChI is InChI=1S/C10H18O2/c1-8(2)5-4-6-9(3)10(12)7-11/h5-6,10-12H,4,7H2,1-3H3/b9-6+. The maximum Gasteiger partial charge on any atom is 0.0978 e. The van der Waals surface area contributed by atoms with Gasteiger partial charge in [-0.25, -0.2) is 0 Å². The number of rotatable bonds is 4. The lowest BCUT2D eigenvalue weighted by Crippen LogP contribution is -2.12. The fourth-order valence-corrected chi connectivity index (χ4v) is 0.761. The van der Waals surface area contributed by atoms with Crippen molar-refractivity contribution in [3.05, 3.63) is 23.3 Å². The Labute approximate surface area is 74.2 Å². The van der Waals surface area contributed by atoms with Crippen LogP contribution >= 0.6 is 0 Å². The summed E-state index contributed by atoms with van der Waals surface area (Å²) in [6.07, 6.45) is 4.13. The molecule has 0 rings (SSSR count).